The molecule has 11 heteroatoms. The van der Waals surface area contributed by atoms with Crippen molar-refractivity contribution in [2.75, 3.05) is 18.2 Å². The molecule has 1 unspecified atom stereocenters. The first kappa shape index (κ1) is 29.6. The van der Waals surface area contributed by atoms with Crippen LogP contribution in [0.5, 0.6) is 0 Å². The van der Waals surface area contributed by atoms with Crippen molar-refractivity contribution in [1.82, 2.24) is 14.8 Å². The third-order valence-electron chi connectivity index (χ3n) is 6.62. The van der Waals surface area contributed by atoms with Gasteiger partial charge in [0, 0.05) is 42.9 Å². The molecule has 41 heavy (non-hydrogen) atoms. The first-order chi connectivity index (χ1) is 19.7. The van der Waals surface area contributed by atoms with Crippen LogP contribution in [0.2, 0.25) is 0 Å². The van der Waals surface area contributed by atoms with Gasteiger partial charge in [0.05, 0.1) is 33.3 Å². The van der Waals surface area contributed by atoms with Crippen LogP contribution in [0.25, 0.3) is 11.1 Å². The summed E-state index contributed by atoms with van der Waals surface area (Å²) in [5.41, 5.74) is 3.32. The number of unbranched alkanes of at least 4 members (excludes halogenated alkanes) is 1. The molecule has 214 valence electrons. The highest BCUT2D eigenvalue weighted by molar-refractivity contribution is 7.94. The number of pyridine rings is 1. The number of allylic oxidation sites excluding steroid dienone is 3. The molecule has 0 aliphatic heterocycles. The Morgan fingerprint density at radius 2 is 1.95 bits per heavy atom. The molecule has 1 N–H and O–H groups in total. The molecular formula is C30H33N5O5S. The standard InChI is InChI=1S/C30H33N5O5S/c1-21-16-27(35(2)33-21)30(38)32-25-11-9-10-22(18-25)23-17-24(20-31-19-23)29(37)34-41(39,26-12-5-4-6-13-26)15-8-7-14-28(36)40-3/h4-6,9-12,16-20,26H,7-8,13-15H2,1-3H3,(H,32,38)/t26?,41-/m0/s1. The fourth-order valence-corrected chi connectivity index (χ4v) is 6.76. The number of ether oxygens (including phenoxy) is 1. The number of rotatable bonds is 10. The number of carbonyl (C=O) groups is 3. The van der Waals surface area contributed by atoms with E-state index in [1.807, 2.05) is 37.3 Å². The average Bonchev–Trinajstić information content (AvgIpc) is 3.33. The summed E-state index contributed by atoms with van der Waals surface area (Å²) < 4.78 is 24.5. The average molecular weight is 576 g/mol. The minimum absolute atomic E-state index is 0.184. The monoisotopic (exact) mass is 575 g/mol. The molecule has 2 aromatic heterocycles. The van der Waals surface area contributed by atoms with Gasteiger partial charge in [0.15, 0.2) is 0 Å². The Balaban J connectivity index is 1.55. The summed E-state index contributed by atoms with van der Waals surface area (Å²) in [5, 5.41) is 6.68. The Labute approximate surface area is 239 Å². The summed E-state index contributed by atoms with van der Waals surface area (Å²) in [7, 11) is 0.0717. The van der Waals surface area contributed by atoms with E-state index >= 15 is 0 Å². The van der Waals surface area contributed by atoms with Crippen molar-refractivity contribution in [2.24, 2.45) is 11.4 Å². The van der Waals surface area contributed by atoms with Gasteiger partial charge >= 0.3 is 5.97 Å². The number of carbonyl (C=O) groups excluding carboxylic acids is 3. The number of hydrogen-bond acceptors (Lipinski definition) is 7. The van der Waals surface area contributed by atoms with E-state index in [0.29, 0.717) is 36.2 Å². The number of aryl methyl sites for hydroxylation is 2. The van der Waals surface area contributed by atoms with Crippen molar-refractivity contribution in [3.05, 3.63) is 90.0 Å². The Bertz CT molecular complexity index is 1630. The molecule has 2 heterocycles. The number of benzene rings is 1. The zero-order chi connectivity index (χ0) is 29.4. The van der Waals surface area contributed by atoms with Crippen molar-refractivity contribution in [1.29, 1.82) is 0 Å². The van der Waals surface area contributed by atoms with E-state index in [1.165, 1.54) is 18.0 Å². The Hall–Kier alpha value is -4.38. The van der Waals surface area contributed by atoms with Gasteiger partial charge in [0.25, 0.3) is 11.8 Å². The molecule has 1 aliphatic carbocycles. The van der Waals surface area contributed by atoms with Gasteiger partial charge in [-0.15, -0.1) is 0 Å². The molecule has 0 bridgehead atoms. The largest absolute Gasteiger partial charge is 0.469 e. The summed E-state index contributed by atoms with van der Waals surface area (Å²) in [6, 6.07) is 10.5. The van der Waals surface area contributed by atoms with Crippen LogP contribution in [-0.4, -0.2) is 54.9 Å². The Morgan fingerprint density at radius 1 is 1.12 bits per heavy atom. The van der Waals surface area contributed by atoms with Crippen LogP contribution >= 0.6 is 0 Å². The van der Waals surface area contributed by atoms with Gasteiger partial charge in [-0.2, -0.15) is 9.46 Å². The van der Waals surface area contributed by atoms with Gasteiger partial charge in [-0.1, -0.05) is 36.4 Å². The normalized spacial score (nSPS) is 15.6. The van der Waals surface area contributed by atoms with Gasteiger partial charge < -0.3 is 10.1 Å². The predicted octanol–water partition coefficient (Wildman–Crippen LogP) is 4.88. The Kier molecular flexibility index (Phi) is 9.61. The number of aromatic nitrogens is 3. The number of amides is 2. The topological polar surface area (TPSA) is 133 Å². The van der Waals surface area contributed by atoms with Crippen LogP contribution in [0.15, 0.2) is 77.5 Å². The van der Waals surface area contributed by atoms with E-state index in [2.05, 4.69) is 24.5 Å². The van der Waals surface area contributed by atoms with Crippen molar-refractivity contribution >= 4 is 33.2 Å². The molecule has 1 aliphatic rings. The molecule has 0 saturated heterocycles. The quantitative estimate of drug-likeness (QED) is 0.269. The van der Waals surface area contributed by atoms with Gasteiger partial charge in [-0.05, 0) is 56.0 Å². The molecule has 0 saturated carbocycles. The lowest BCUT2D eigenvalue weighted by Gasteiger charge is -2.19. The van der Waals surface area contributed by atoms with Gasteiger partial charge in [0.1, 0.15) is 5.69 Å². The van der Waals surface area contributed by atoms with Crippen molar-refractivity contribution in [3.63, 3.8) is 0 Å². The van der Waals surface area contributed by atoms with E-state index in [9.17, 15) is 18.6 Å². The van der Waals surface area contributed by atoms with Crippen LogP contribution < -0.4 is 5.32 Å². The molecule has 0 radical (unpaired) electrons. The summed E-state index contributed by atoms with van der Waals surface area (Å²) in [6.45, 7) is 1.82. The van der Waals surface area contributed by atoms with Crippen LogP contribution in [0, 0.1) is 6.92 Å². The molecule has 4 rings (SSSR count). The maximum Gasteiger partial charge on any atom is 0.305 e. The number of nitrogens with one attached hydrogen (secondary N) is 1. The van der Waals surface area contributed by atoms with Gasteiger partial charge in [-0.3, -0.25) is 24.0 Å². The second-order valence-corrected chi connectivity index (χ2v) is 12.3. The lowest BCUT2D eigenvalue weighted by atomic mass is 10.1. The van der Waals surface area contributed by atoms with E-state index < -0.39 is 20.9 Å². The molecule has 10 nitrogen and oxygen atoms in total. The van der Waals surface area contributed by atoms with E-state index in [1.54, 1.807) is 43.6 Å². The zero-order valence-corrected chi connectivity index (χ0v) is 24.1. The molecular weight excluding hydrogens is 542 g/mol. The number of hydrogen-bond donors (Lipinski definition) is 1. The minimum atomic E-state index is -2.97. The summed E-state index contributed by atoms with van der Waals surface area (Å²) >= 11 is 0. The number of esters is 1. The SMILES string of the molecule is COC(=O)CCCC[S@@](=O)(=NC(=O)c1cncc(-c2cccc(NC(=O)c3cc(C)nn3C)c2)c1)C1C=CC=CC1. The molecule has 1 aromatic carbocycles. The predicted molar refractivity (Wildman–Crippen MR) is 158 cm³/mol. The molecule has 0 fully saturated rings. The Morgan fingerprint density at radius 3 is 2.66 bits per heavy atom. The van der Waals surface area contributed by atoms with Crippen molar-refractivity contribution in [3.8, 4) is 11.1 Å². The van der Waals surface area contributed by atoms with E-state index in [4.69, 9.17) is 0 Å². The maximum absolute atomic E-state index is 14.0. The number of nitrogens with zero attached hydrogens (tertiary/aromatic N) is 4. The molecule has 2 amide bonds. The second kappa shape index (κ2) is 13.3. The smallest absolute Gasteiger partial charge is 0.305 e. The third-order valence-corrected chi connectivity index (χ3v) is 9.27. The highest BCUT2D eigenvalue weighted by Gasteiger charge is 2.24. The minimum Gasteiger partial charge on any atom is -0.469 e. The summed E-state index contributed by atoms with van der Waals surface area (Å²) in [6.07, 6.45) is 12.1. The van der Waals surface area contributed by atoms with Gasteiger partial charge in [-0.25, -0.2) is 4.21 Å². The third kappa shape index (κ3) is 7.63. The van der Waals surface area contributed by atoms with Gasteiger partial charge in [0.2, 0.25) is 0 Å². The van der Waals surface area contributed by atoms with Crippen molar-refractivity contribution < 1.29 is 23.3 Å². The maximum atomic E-state index is 14.0. The highest BCUT2D eigenvalue weighted by Crippen LogP contribution is 2.25. The first-order valence-corrected chi connectivity index (χ1v) is 15.0. The van der Waals surface area contributed by atoms with Crippen LogP contribution in [0.3, 0.4) is 0 Å². The van der Waals surface area contributed by atoms with Crippen LogP contribution in [-0.2, 0) is 26.3 Å². The summed E-state index contributed by atoms with van der Waals surface area (Å²) in [4.78, 5) is 41.8. The number of anilines is 1. The zero-order valence-electron chi connectivity index (χ0n) is 23.3. The lowest BCUT2D eigenvalue weighted by Crippen LogP contribution is -2.24. The molecule has 3 aromatic rings. The lowest BCUT2D eigenvalue weighted by molar-refractivity contribution is -0.140. The van der Waals surface area contributed by atoms with E-state index in [0.717, 1.165) is 11.3 Å². The number of methoxy groups -OCH3 is 1. The van der Waals surface area contributed by atoms with Crippen molar-refractivity contribution in [2.45, 2.75) is 37.9 Å². The first-order valence-electron chi connectivity index (χ1n) is 13.2. The highest BCUT2D eigenvalue weighted by atomic mass is 32.2. The second-order valence-electron chi connectivity index (χ2n) is 9.70. The summed E-state index contributed by atoms with van der Waals surface area (Å²) in [5.74, 6) is -1.05. The van der Waals surface area contributed by atoms with E-state index in [-0.39, 0.29) is 29.6 Å². The van der Waals surface area contributed by atoms with Crippen LogP contribution in [0.4, 0.5) is 5.69 Å². The molecule has 0 spiro atoms. The fraction of sp³-hybridized carbons (Fsp3) is 0.300. The fourth-order valence-electron chi connectivity index (χ4n) is 4.48. The van der Waals surface area contributed by atoms with Crippen LogP contribution in [0.1, 0.15) is 52.2 Å². The molecule has 2 atom stereocenters.